The molecule has 0 atom stereocenters. The van der Waals surface area contributed by atoms with Gasteiger partial charge in [0, 0.05) is 18.3 Å². The Morgan fingerprint density at radius 1 is 1.00 bits per heavy atom. The van der Waals surface area contributed by atoms with Gasteiger partial charge in [-0.25, -0.2) is 18.2 Å². The fourth-order valence-corrected chi connectivity index (χ4v) is 3.99. The molecule has 0 saturated heterocycles. The molecule has 1 aromatic heterocycles. The number of sulfonamides is 1. The number of carbonyl (C=O) groups is 1. The van der Waals surface area contributed by atoms with Crippen LogP contribution in [0.1, 0.15) is 15.9 Å². The molecule has 0 spiro atoms. The molecule has 4 rings (SSSR count). The van der Waals surface area contributed by atoms with Gasteiger partial charge in [0.2, 0.25) is 10.0 Å². The quantitative estimate of drug-likeness (QED) is 0.405. The first-order valence-electron chi connectivity index (χ1n) is 10.5. The van der Waals surface area contributed by atoms with Gasteiger partial charge in [-0.1, -0.05) is 30.3 Å². The van der Waals surface area contributed by atoms with Gasteiger partial charge in [-0.15, -0.1) is 0 Å². The number of aromatic nitrogens is 2. The maximum absolute atomic E-state index is 13.1. The van der Waals surface area contributed by atoms with Crippen molar-refractivity contribution in [2.75, 3.05) is 13.7 Å². The molecule has 0 aliphatic heterocycles. The molecular weight excluding hydrogens is 452 g/mol. The Hall–Kier alpha value is -3.95. The molecule has 0 aliphatic rings. The second-order valence-electron chi connectivity index (χ2n) is 7.59. The highest BCUT2D eigenvalue weighted by Gasteiger charge is 2.18. The number of hydrogen-bond donors (Lipinski definition) is 2. The molecule has 3 N–H and O–H groups in total. The molecule has 8 nitrogen and oxygen atoms in total. The Kier molecular flexibility index (Phi) is 6.76. The Labute approximate surface area is 198 Å². The van der Waals surface area contributed by atoms with Gasteiger partial charge in [-0.05, 0) is 60.5 Å². The van der Waals surface area contributed by atoms with Crippen LogP contribution < -0.4 is 15.2 Å². The van der Waals surface area contributed by atoms with Crippen LogP contribution in [0.4, 0.5) is 0 Å². The van der Waals surface area contributed by atoms with Gasteiger partial charge in [-0.2, -0.15) is 5.10 Å². The van der Waals surface area contributed by atoms with Crippen LogP contribution in [0.2, 0.25) is 0 Å². The third kappa shape index (κ3) is 5.33. The number of amides is 1. The molecule has 0 saturated carbocycles. The predicted octanol–water partition coefficient (Wildman–Crippen LogP) is 3.17. The van der Waals surface area contributed by atoms with Crippen molar-refractivity contribution in [3.63, 3.8) is 0 Å². The summed E-state index contributed by atoms with van der Waals surface area (Å²) in [4.78, 5) is 13.2. The Morgan fingerprint density at radius 3 is 2.29 bits per heavy atom. The molecule has 34 heavy (non-hydrogen) atoms. The molecule has 4 aromatic rings. The van der Waals surface area contributed by atoms with E-state index in [9.17, 15) is 13.2 Å². The normalized spacial score (nSPS) is 11.2. The number of para-hydroxylation sites is 1. The molecule has 0 bridgehead atoms. The minimum Gasteiger partial charge on any atom is -0.497 e. The maximum atomic E-state index is 13.1. The molecule has 1 heterocycles. The van der Waals surface area contributed by atoms with Crippen LogP contribution in [0.5, 0.6) is 5.75 Å². The average Bonchev–Trinajstić information content (AvgIpc) is 3.30. The van der Waals surface area contributed by atoms with Crippen molar-refractivity contribution in [2.24, 2.45) is 5.14 Å². The summed E-state index contributed by atoms with van der Waals surface area (Å²) in [7, 11) is -2.13. The lowest BCUT2D eigenvalue weighted by atomic mass is 10.1. The molecule has 9 heteroatoms. The number of hydrogen-bond acceptors (Lipinski definition) is 5. The van der Waals surface area contributed by atoms with E-state index in [0.29, 0.717) is 30.0 Å². The van der Waals surface area contributed by atoms with E-state index in [0.717, 1.165) is 16.8 Å². The van der Waals surface area contributed by atoms with E-state index >= 15 is 0 Å². The minimum atomic E-state index is -3.73. The number of ether oxygens (including phenoxy) is 1. The maximum Gasteiger partial charge on any atom is 0.255 e. The number of nitrogens with one attached hydrogen (secondary N) is 1. The van der Waals surface area contributed by atoms with Crippen LogP contribution in [-0.2, 0) is 16.4 Å². The van der Waals surface area contributed by atoms with E-state index in [2.05, 4.69) is 10.4 Å². The summed E-state index contributed by atoms with van der Waals surface area (Å²) in [5.74, 6) is 0.458. The van der Waals surface area contributed by atoms with Crippen molar-refractivity contribution in [1.82, 2.24) is 15.1 Å². The molecular formula is C25H24N4O4S. The SMILES string of the molecule is COc1ccc(-c2nn(-c3ccccc3)cc2C(=O)NCCc2ccc(S(N)(=O)=O)cc2)cc1. The summed E-state index contributed by atoms with van der Waals surface area (Å²) < 4.78 is 29.7. The van der Waals surface area contributed by atoms with E-state index in [1.54, 1.807) is 30.1 Å². The molecule has 3 aromatic carbocycles. The fraction of sp³-hybridized carbons (Fsp3) is 0.120. The predicted molar refractivity (Wildman–Crippen MR) is 129 cm³/mol. The third-order valence-electron chi connectivity index (χ3n) is 5.29. The zero-order valence-electron chi connectivity index (χ0n) is 18.5. The third-order valence-corrected chi connectivity index (χ3v) is 6.22. The minimum absolute atomic E-state index is 0.0535. The summed E-state index contributed by atoms with van der Waals surface area (Å²) >= 11 is 0. The summed E-state index contributed by atoms with van der Waals surface area (Å²) in [5, 5.41) is 12.7. The first-order chi connectivity index (χ1) is 16.3. The monoisotopic (exact) mass is 476 g/mol. The van der Waals surface area contributed by atoms with Crippen molar-refractivity contribution in [3.8, 4) is 22.7 Å². The average molecular weight is 477 g/mol. The van der Waals surface area contributed by atoms with E-state index in [4.69, 9.17) is 9.88 Å². The standard InChI is InChI=1S/C25H24N4O4S/c1-33-21-11-9-19(10-12-21)24-23(17-29(28-24)20-5-3-2-4-6-20)25(30)27-16-15-18-7-13-22(14-8-18)34(26,31)32/h2-14,17H,15-16H2,1H3,(H,27,30)(H2,26,31,32). The molecule has 0 aliphatic carbocycles. The summed E-state index contributed by atoms with van der Waals surface area (Å²) in [6.07, 6.45) is 2.24. The number of methoxy groups -OCH3 is 1. The number of nitrogens with zero attached hydrogens (tertiary/aromatic N) is 2. The number of nitrogens with two attached hydrogens (primary N) is 1. The highest BCUT2D eigenvalue weighted by molar-refractivity contribution is 7.89. The van der Waals surface area contributed by atoms with Gasteiger partial charge in [0.25, 0.3) is 5.91 Å². The van der Waals surface area contributed by atoms with Crippen molar-refractivity contribution in [1.29, 1.82) is 0 Å². The van der Waals surface area contributed by atoms with Crippen LogP contribution in [0.15, 0.2) is 90.0 Å². The van der Waals surface area contributed by atoms with E-state index in [1.807, 2.05) is 54.6 Å². The van der Waals surface area contributed by atoms with E-state index in [-0.39, 0.29) is 10.8 Å². The molecule has 1 amide bonds. The van der Waals surface area contributed by atoms with Gasteiger partial charge < -0.3 is 10.1 Å². The Bertz CT molecular complexity index is 1380. The van der Waals surface area contributed by atoms with Crippen molar-refractivity contribution in [2.45, 2.75) is 11.3 Å². The zero-order valence-corrected chi connectivity index (χ0v) is 19.3. The Balaban J connectivity index is 1.54. The van der Waals surface area contributed by atoms with Gasteiger partial charge in [0.05, 0.1) is 23.3 Å². The van der Waals surface area contributed by atoms with Crippen LogP contribution in [0.3, 0.4) is 0 Å². The summed E-state index contributed by atoms with van der Waals surface area (Å²) in [6, 6.07) is 23.2. The number of primary sulfonamides is 1. The van der Waals surface area contributed by atoms with Crippen LogP contribution in [0.25, 0.3) is 16.9 Å². The summed E-state index contributed by atoms with van der Waals surface area (Å²) in [5.41, 5.74) is 3.51. The molecule has 0 unspecified atom stereocenters. The lowest BCUT2D eigenvalue weighted by Crippen LogP contribution is -2.26. The topological polar surface area (TPSA) is 116 Å². The first-order valence-corrected chi connectivity index (χ1v) is 12.1. The van der Waals surface area contributed by atoms with Gasteiger partial charge in [0.1, 0.15) is 11.4 Å². The largest absolute Gasteiger partial charge is 0.497 e. The van der Waals surface area contributed by atoms with Gasteiger partial charge in [0.15, 0.2) is 0 Å². The molecule has 0 radical (unpaired) electrons. The van der Waals surface area contributed by atoms with Crippen LogP contribution in [0, 0.1) is 0 Å². The van der Waals surface area contributed by atoms with Gasteiger partial charge >= 0.3 is 0 Å². The number of carbonyl (C=O) groups excluding carboxylic acids is 1. The van der Waals surface area contributed by atoms with Crippen molar-refractivity contribution < 1.29 is 17.9 Å². The Morgan fingerprint density at radius 2 is 1.68 bits per heavy atom. The lowest BCUT2D eigenvalue weighted by molar-refractivity contribution is 0.0954. The van der Waals surface area contributed by atoms with E-state index < -0.39 is 10.0 Å². The summed E-state index contributed by atoms with van der Waals surface area (Å²) in [6.45, 7) is 0.367. The highest BCUT2D eigenvalue weighted by Crippen LogP contribution is 2.26. The second kappa shape index (κ2) is 9.90. The highest BCUT2D eigenvalue weighted by atomic mass is 32.2. The second-order valence-corrected chi connectivity index (χ2v) is 9.16. The number of rotatable bonds is 8. The van der Waals surface area contributed by atoms with Crippen LogP contribution >= 0.6 is 0 Å². The van der Waals surface area contributed by atoms with Crippen molar-refractivity contribution >= 4 is 15.9 Å². The fourth-order valence-electron chi connectivity index (χ4n) is 3.48. The van der Waals surface area contributed by atoms with E-state index in [1.165, 1.54) is 12.1 Å². The molecule has 174 valence electrons. The lowest BCUT2D eigenvalue weighted by Gasteiger charge is -2.07. The number of benzene rings is 3. The first kappa shape index (κ1) is 23.2. The zero-order chi connectivity index (χ0) is 24.1. The molecule has 0 fully saturated rings. The smallest absolute Gasteiger partial charge is 0.255 e. The van der Waals surface area contributed by atoms with Gasteiger partial charge in [-0.3, -0.25) is 4.79 Å². The van der Waals surface area contributed by atoms with Crippen LogP contribution in [-0.4, -0.2) is 37.8 Å². The van der Waals surface area contributed by atoms with Crippen molar-refractivity contribution in [3.05, 3.63) is 96.2 Å².